The molecule has 2 bridgehead atoms. The molecule has 0 spiro atoms. The number of imide groups is 2. The summed E-state index contributed by atoms with van der Waals surface area (Å²) in [6.07, 6.45) is 4.24. The molecule has 2 saturated heterocycles. The van der Waals surface area contributed by atoms with Gasteiger partial charge in [-0.1, -0.05) is 72.8 Å². The first-order valence-electron chi connectivity index (χ1n) is 15.5. The van der Waals surface area contributed by atoms with Crippen LogP contribution in [0.15, 0.2) is 72.8 Å². The number of amides is 4. The number of ether oxygens (including phenoxy) is 2. The molecule has 10 atom stereocenters. The summed E-state index contributed by atoms with van der Waals surface area (Å²) < 4.78 is 10.6. The first-order chi connectivity index (χ1) is 22.2. The van der Waals surface area contributed by atoms with E-state index in [1.54, 1.807) is 0 Å². The number of hydrogen-bond acceptors (Lipinski definition) is 10. The highest BCUT2D eigenvalue weighted by Crippen LogP contribution is 2.68. The number of rotatable bonds is 10. The lowest BCUT2D eigenvalue weighted by Gasteiger charge is -2.60. The fraction of sp³-hybridized carbons (Fsp3) is 0.412. The molecule has 2 aromatic rings. The lowest BCUT2D eigenvalue weighted by molar-refractivity contribution is -0.166. The van der Waals surface area contributed by atoms with Crippen molar-refractivity contribution in [2.24, 2.45) is 58.8 Å². The molecule has 0 radical (unpaired) electrons. The Morgan fingerprint density at radius 2 is 0.935 bits per heavy atom. The minimum absolute atomic E-state index is 0.242. The van der Waals surface area contributed by atoms with E-state index in [1.807, 2.05) is 72.8 Å². The van der Waals surface area contributed by atoms with E-state index in [9.17, 15) is 28.8 Å². The summed E-state index contributed by atoms with van der Waals surface area (Å²) in [4.78, 5) is 81.3. The monoisotopic (exact) mass is 626 g/mol. The number of nitrogens with two attached hydrogens (primary N) is 2. The first kappa shape index (κ1) is 30.0. The summed E-state index contributed by atoms with van der Waals surface area (Å²) in [5, 5.41) is 0. The predicted octanol–water partition coefficient (Wildman–Crippen LogP) is 0.392. The number of carbonyl (C=O) groups is 6. The van der Waals surface area contributed by atoms with E-state index in [2.05, 4.69) is 0 Å². The molecule has 4 amide bonds. The second-order valence-corrected chi connectivity index (χ2v) is 12.8. The van der Waals surface area contributed by atoms with Crippen LogP contribution in [-0.4, -0.2) is 70.9 Å². The molecule has 0 aromatic heterocycles. The van der Waals surface area contributed by atoms with Gasteiger partial charge < -0.3 is 20.9 Å². The number of allylic oxidation sites excluding steroid dienone is 2. The number of nitrogens with zero attached hydrogens (tertiary/aromatic N) is 2. The molecular formula is C34H34N4O8. The minimum Gasteiger partial charge on any atom is -0.443 e. The van der Waals surface area contributed by atoms with Crippen LogP contribution in [-0.2, 0) is 51.1 Å². The molecule has 12 heteroatoms. The van der Waals surface area contributed by atoms with Crippen LogP contribution in [0.1, 0.15) is 11.1 Å². The minimum atomic E-state index is -0.968. The Morgan fingerprint density at radius 1 is 0.587 bits per heavy atom. The van der Waals surface area contributed by atoms with Gasteiger partial charge in [0, 0.05) is 0 Å². The number of fused-ring (bicyclic) bond motifs is 1. The van der Waals surface area contributed by atoms with Crippen molar-refractivity contribution in [3.63, 3.8) is 0 Å². The Balaban J connectivity index is 0.988. The number of esters is 2. The van der Waals surface area contributed by atoms with Crippen LogP contribution < -0.4 is 11.5 Å². The second kappa shape index (κ2) is 11.6. The molecule has 2 heterocycles. The highest BCUT2D eigenvalue weighted by Gasteiger charge is 2.75. The summed E-state index contributed by atoms with van der Waals surface area (Å²) in [6, 6.07) is 16.4. The van der Waals surface area contributed by atoms with Crippen molar-refractivity contribution in [3.8, 4) is 0 Å². The third-order valence-corrected chi connectivity index (χ3v) is 10.4. The first-order valence-corrected chi connectivity index (χ1v) is 15.5. The molecule has 6 aliphatic rings. The van der Waals surface area contributed by atoms with Gasteiger partial charge in [0.25, 0.3) is 0 Å². The molecule has 2 aliphatic heterocycles. The maximum Gasteiger partial charge on any atom is 0.324 e. The van der Waals surface area contributed by atoms with Gasteiger partial charge in [-0.15, -0.1) is 0 Å². The quantitative estimate of drug-likeness (QED) is 0.213. The number of benzene rings is 2. The molecule has 238 valence electrons. The number of carbonyl (C=O) groups excluding carboxylic acids is 6. The van der Waals surface area contributed by atoms with E-state index in [1.165, 1.54) is 0 Å². The summed E-state index contributed by atoms with van der Waals surface area (Å²) in [7, 11) is 0. The maximum atomic E-state index is 13.6. The summed E-state index contributed by atoms with van der Waals surface area (Å²) in [6.45, 7) is -1.08. The highest BCUT2D eigenvalue weighted by molar-refractivity contribution is 6.09. The van der Waals surface area contributed by atoms with Crippen LogP contribution in [0.2, 0.25) is 0 Å². The van der Waals surface area contributed by atoms with Crippen LogP contribution in [0.25, 0.3) is 0 Å². The van der Waals surface area contributed by atoms with E-state index < -0.39 is 96.6 Å². The lowest BCUT2D eigenvalue weighted by Crippen LogP contribution is -2.63. The molecular weight excluding hydrogens is 592 g/mol. The lowest BCUT2D eigenvalue weighted by atomic mass is 9.40. The Labute approximate surface area is 264 Å². The van der Waals surface area contributed by atoms with Crippen LogP contribution >= 0.6 is 0 Å². The van der Waals surface area contributed by atoms with E-state index >= 15 is 0 Å². The van der Waals surface area contributed by atoms with Crippen molar-refractivity contribution in [1.29, 1.82) is 0 Å². The zero-order chi connectivity index (χ0) is 32.3. The van der Waals surface area contributed by atoms with E-state index in [-0.39, 0.29) is 24.7 Å². The fourth-order valence-electron chi connectivity index (χ4n) is 8.35. The fourth-order valence-corrected chi connectivity index (χ4v) is 8.35. The standard InChI is InChI=1S/C34H34N4O8/c35-21(13-17-7-3-1-4-8-17)33(43)45-15-37-29(39)25-19-11-12-20(26(25)30(37)40)24-23(19)27-28(24)32(42)38(31(27)41)16-46-34(44)22(36)14-18-9-5-2-6-10-18/h1-12,19-28H,13-16,35-36H2/t19-,20-,21+,22-,23-,24-,25+,26+,27-,28-/m1/s1. The zero-order valence-electron chi connectivity index (χ0n) is 24.8. The highest BCUT2D eigenvalue weighted by atomic mass is 16.6. The topological polar surface area (TPSA) is 179 Å². The van der Waals surface area contributed by atoms with Crippen molar-refractivity contribution >= 4 is 35.6 Å². The molecule has 0 unspecified atom stereocenters. The Bertz CT molecular complexity index is 1570. The van der Waals surface area contributed by atoms with Crippen LogP contribution in [0, 0.1) is 47.3 Å². The van der Waals surface area contributed by atoms with E-state index in [4.69, 9.17) is 20.9 Å². The molecule has 2 saturated carbocycles. The normalized spacial score (nSPS) is 31.6. The average molecular weight is 627 g/mol. The van der Waals surface area contributed by atoms with Gasteiger partial charge in [0.15, 0.2) is 13.5 Å². The SMILES string of the molecule is N[C@H](Cc1ccccc1)C(=O)OCN1C(=O)[C@H]2[C@H](C1=O)[C@@H]1[C@H]3C=C[C@@H]([C@@H]4C(=O)N(COC(=O)[C@@H](N)Cc5ccccc5)C(=O)[C@@H]34)[C@@H]21. The van der Waals surface area contributed by atoms with Crippen LogP contribution in [0.3, 0.4) is 0 Å². The van der Waals surface area contributed by atoms with Gasteiger partial charge in [-0.2, -0.15) is 0 Å². The average Bonchev–Trinajstić information content (AvgIpc) is 3.42. The molecule has 4 fully saturated rings. The summed E-state index contributed by atoms with van der Waals surface area (Å²) in [5.41, 5.74) is 13.7. The summed E-state index contributed by atoms with van der Waals surface area (Å²) in [5.74, 6) is -7.53. The molecule has 2 aromatic carbocycles. The van der Waals surface area contributed by atoms with Crippen molar-refractivity contribution < 1.29 is 38.2 Å². The van der Waals surface area contributed by atoms with Gasteiger partial charge in [-0.25, -0.2) is 9.80 Å². The molecule has 4 aliphatic carbocycles. The van der Waals surface area contributed by atoms with Gasteiger partial charge in [-0.05, 0) is 47.6 Å². The van der Waals surface area contributed by atoms with Crippen molar-refractivity contribution in [1.82, 2.24) is 9.80 Å². The van der Waals surface area contributed by atoms with E-state index in [0.29, 0.717) is 0 Å². The molecule has 4 N–H and O–H groups in total. The Kier molecular flexibility index (Phi) is 7.56. The molecule has 46 heavy (non-hydrogen) atoms. The van der Waals surface area contributed by atoms with Gasteiger partial charge in [0.05, 0.1) is 23.7 Å². The van der Waals surface area contributed by atoms with Gasteiger partial charge in [0.2, 0.25) is 23.6 Å². The zero-order valence-corrected chi connectivity index (χ0v) is 24.8. The van der Waals surface area contributed by atoms with Crippen LogP contribution in [0.5, 0.6) is 0 Å². The molecule has 8 rings (SSSR count). The smallest absolute Gasteiger partial charge is 0.324 e. The number of hydrogen-bond donors (Lipinski definition) is 2. The summed E-state index contributed by atoms with van der Waals surface area (Å²) >= 11 is 0. The van der Waals surface area contributed by atoms with Gasteiger partial charge in [-0.3, -0.25) is 28.8 Å². The van der Waals surface area contributed by atoms with Crippen molar-refractivity contribution in [2.75, 3.05) is 13.5 Å². The second-order valence-electron chi connectivity index (χ2n) is 12.8. The van der Waals surface area contributed by atoms with Crippen molar-refractivity contribution in [2.45, 2.75) is 24.9 Å². The molecule has 12 nitrogen and oxygen atoms in total. The largest absolute Gasteiger partial charge is 0.443 e. The Hall–Kier alpha value is -4.68. The Morgan fingerprint density at radius 3 is 1.30 bits per heavy atom. The van der Waals surface area contributed by atoms with Crippen LogP contribution in [0.4, 0.5) is 0 Å². The van der Waals surface area contributed by atoms with Gasteiger partial charge in [0.1, 0.15) is 12.1 Å². The maximum absolute atomic E-state index is 13.6. The van der Waals surface area contributed by atoms with E-state index in [0.717, 1.165) is 20.9 Å². The third-order valence-electron chi connectivity index (χ3n) is 10.4. The number of likely N-dealkylation sites (tertiary alicyclic amines) is 2. The van der Waals surface area contributed by atoms with Crippen molar-refractivity contribution in [3.05, 3.63) is 83.9 Å². The predicted molar refractivity (Wildman–Crippen MR) is 159 cm³/mol. The van der Waals surface area contributed by atoms with Gasteiger partial charge >= 0.3 is 11.9 Å². The third kappa shape index (κ3) is 4.74.